The minimum Gasteiger partial charge on any atom is -0.493 e. The van der Waals surface area contributed by atoms with Crippen molar-refractivity contribution in [2.24, 2.45) is 0 Å². The highest BCUT2D eigenvalue weighted by atomic mass is 35.6. The standard InChI is InChI=1S/C12H12Cl3NO5/c1-18-8-4-2-3-5-9(8)21-10(17)16-12(11(13,14)15)19-6-7-20-12/h2-5H,6-7H2,1H3,(H,16,17). The van der Waals surface area contributed by atoms with Gasteiger partial charge in [-0.15, -0.1) is 0 Å². The second-order valence-corrected chi connectivity index (χ2v) is 6.26. The maximum Gasteiger partial charge on any atom is 0.416 e. The van der Waals surface area contributed by atoms with Gasteiger partial charge in [-0.3, -0.25) is 5.32 Å². The number of carbonyl (C=O) groups is 1. The number of nitrogens with one attached hydrogen (secondary N) is 1. The Morgan fingerprint density at radius 1 is 1.24 bits per heavy atom. The first-order valence-corrected chi connectivity index (χ1v) is 6.99. The van der Waals surface area contributed by atoms with Crippen LogP contribution in [0.1, 0.15) is 0 Å². The van der Waals surface area contributed by atoms with Crippen LogP contribution < -0.4 is 14.8 Å². The average Bonchev–Trinajstić information content (AvgIpc) is 2.88. The number of carbonyl (C=O) groups excluding carboxylic acids is 1. The Morgan fingerprint density at radius 3 is 2.33 bits per heavy atom. The number of ether oxygens (including phenoxy) is 4. The van der Waals surface area contributed by atoms with Crippen LogP contribution in [0, 0.1) is 0 Å². The van der Waals surface area contributed by atoms with E-state index in [1.54, 1.807) is 24.3 Å². The quantitative estimate of drug-likeness (QED) is 0.844. The number of amides is 1. The maximum absolute atomic E-state index is 12.0. The molecule has 1 aromatic carbocycles. The highest BCUT2D eigenvalue weighted by Crippen LogP contribution is 2.42. The third-order valence-electron chi connectivity index (χ3n) is 2.61. The van der Waals surface area contributed by atoms with Crippen LogP contribution in [0.3, 0.4) is 0 Å². The zero-order valence-corrected chi connectivity index (χ0v) is 13.2. The molecule has 1 N–H and O–H groups in total. The highest BCUT2D eigenvalue weighted by molar-refractivity contribution is 6.68. The minimum absolute atomic E-state index is 0.169. The molecule has 0 spiro atoms. The molecule has 1 aromatic rings. The molecule has 0 saturated carbocycles. The number of alkyl halides is 3. The Bertz CT molecular complexity index is 514. The van der Waals surface area contributed by atoms with E-state index in [-0.39, 0.29) is 19.0 Å². The molecule has 1 aliphatic heterocycles. The van der Waals surface area contributed by atoms with Crippen LogP contribution in [0.4, 0.5) is 4.79 Å². The second kappa shape index (κ2) is 6.46. The summed E-state index contributed by atoms with van der Waals surface area (Å²) in [4.78, 5) is 12.0. The first kappa shape index (κ1) is 16.5. The van der Waals surface area contributed by atoms with E-state index in [0.29, 0.717) is 5.75 Å². The van der Waals surface area contributed by atoms with Crippen molar-refractivity contribution in [2.45, 2.75) is 9.70 Å². The molecule has 9 heteroatoms. The summed E-state index contributed by atoms with van der Waals surface area (Å²) in [7, 11) is 1.45. The van der Waals surface area contributed by atoms with Gasteiger partial charge in [-0.25, -0.2) is 4.79 Å². The molecule has 0 bridgehead atoms. The molecule has 2 rings (SSSR count). The summed E-state index contributed by atoms with van der Waals surface area (Å²) in [5, 5.41) is 2.28. The van der Waals surface area contributed by atoms with Crippen molar-refractivity contribution < 1.29 is 23.7 Å². The molecule has 116 valence electrons. The lowest BCUT2D eigenvalue weighted by molar-refractivity contribution is -0.170. The number of hydrogen-bond donors (Lipinski definition) is 1. The van der Waals surface area contributed by atoms with Crippen molar-refractivity contribution in [1.29, 1.82) is 0 Å². The third kappa shape index (κ3) is 3.64. The van der Waals surface area contributed by atoms with Crippen LogP contribution >= 0.6 is 34.8 Å². The fraction of sp³-hybridized carbons (Fsp3) is 0.417. The molecule has 1 fully saturated rings. The first-order chi connectivity index (χ1) is 9.88. The lowest BCUT2D eigenvalue weighted by Crippen LogP contribution is -2.59. The van der Waals surface area contributed by atoms with Gasteiger partial charge in [0.1, 0.15) is 0 Å². The van der Waals surface area contributed by atoms with Crippen molar-refractivity contribution in [1.82, 2.24) is 5.32 Å². The van der Waals surface area contributed by atoms with Gasteiger partial charge in [0.25, 0.3) is 3.79 Å². The monoisotopic (exact) mass is 355 g/mol. The van der Waals surface area contributed by atoms with Gasteiger partial charge in [-0.05, 0) is 12.1 Å². The maximum atomic E-state index is 12.0. The average molecular weight is 357 g/mol. The van der Waals surface area contributed by atoms with Crippen LogP contribution in [-0.4, -0.2) is 36.1 Å². The molecule has 21 heavy (non-hydrogen) atoms. The van der Waals surface area contributed by atoms with Gasteiger partial charge in [-0.2, -0.15) is 0 Å². The van der Waals surface area contributed by atoms with E-state index in [0.717, 1.165) is 0 Å². The van der Waals surface area contributed by atoms with E-state index in [9.17, 15) is 4.79 Å². The van der Waals surface area contributed by atoms with E-state index in [1.807, 2.05) is 0 Å². The van der Waals surface area contributed by atoms with Crippen LogP contribution in [-0.2, 0) is 9.47 Å². The molecule has 1 saturated heterocycles. The Hall–Kier alpha value is -0.920. The Morgan fingerprint density at radius 2 is 1.81 bits per heavy atom. The molecule has 1 amide bonds. The Labute approximate surface area is 136 Å². The van der Waals surface area contributed by atoms with Gasteiger partial charge in [0.15, 0.2) is 11.5 Å². The molecular formula is C12H12Cl3NO5. The highest BCUT2D eigenvalue weighted by Gasteiger charge is 2.56. The molecule has 0 aromatic heterocycles. The number of hydrogen-bond acceptors (Lipinski definition) is 5. The summed E-state index contributed by atoms with van der Waals surface area (Å²) in [5.41, 5.74) is 0. The zero-order valence-electron chi connectivity index (χ0n) is 10.9. The van der Waals surface area contributed by atoms with E-state index in [2.05, 4.69) is 5.32 Å². The Kier molecular flexibility index (Phi) is 5.06. The van der Waals surface area contributed by atoms with Crippen LogP contribution in [0.25, 0.3) is 0 Å². The van der Waals surface area contributed by atoms with E-state index in [4.69, 9.17) is 53.8 Å². The van der Waals surface area contributed by atoms with Gasteiger partial charge >= 0.3 is 12.0 Å². The largest absolute Gasteiger partial charge is 0.493 e. The summed E-state index contributed by atoms with van der Waals surface area (Å²) in [5.74, 6) is -1.31. The summed E-state index contributed by atoms with van der Waals surface area (Å²) in [6, 6.07) is 6.60. The lowest BCUT2D eigenvalue weighted by atomic mass is 10.3. The van der Waals surface area contributed by atoms with Gasteiger partial charge in [0.2, 0.25) is 0 Å². The van der Waals surface area contributed by atoms with Crippen molar-refractivity contribution in [3.8, 4) is 11.5 Å². The fourth-order valence-electron chi connectivity index (χ4n) is 1.68. The minimum atomic E-state index is -2.02. The number of halogens is 3. The topological polar surface area (TPSA) is 66.0 Å². The van der Waals surface area contributed by atoms with Gasteiger partial charge in [0.05, 0.1) is 20.3 Å². The van der Waals surface area contributed by atoms with Crippen LogP contribution in [0.2, 0.25) is 0 Å². The lowest BCUT2D eigenvalue weighted by Gasteiger charge is -2.33. The van der Waals surface area contributed by atoms with Crippen molar-refractivity contribution in [2.75, 3.05) is 20.3 Å². The Balaban J connectivity index is 2.10. The van der Waals surface area contributed by atoms with Crippen molar-refractivity contribution in [3.05, 3.63) is 24.3 Å². The van der Waals surface area contributed by atoms with Crippen LogP contribution in [0.15, 0.2) is 24.3 Å². The number of rotatable bonds is 3. The summed E-state index contributed by atoms with van der Waals surface area (Å²) in [6.07, 6.45) is -0.910. The zero-order chi connectivity index (χ0) is 15.5. The summed E-state index contributed by atoms with van der Waals surface area (Å²) in [6.45, 7) is 0.339. The molecule has 0 aliphatic carbocycles. The predicted molar refractivity (Wildman–Crippen MR) is 77.1 cm³/mol. The predicted octanol–water partition coefficient (Wildman–Crippen LogP) is 2.85. The number of benzene rings is 1. The molecule has 6 nitrogen and oxygen atoms in total. The first-order valence-electron chi connectivity index (χ1n) is 5.85. The van der Waals surface area contributed by atoms with Crippen molar-refractivity contribution >= 4 is 40.9 Å². The molecule has 0 radical (unpaired) electrons. The van der Waals surface area contributed by atoms with Crippen molar-refractivity contribution in [3.63, 3.8) is 0 Å². The molecule has 0 atom stereocenters. The molecule has 0 unspecified atom stereocenters. The molecule has 1 aliphatic rings. The SMILES string of the molecule is COc1ccccc1OC(=O)NC1(C(Cl)(Cl)Cl)OCCO1. The van der Waals surface area contributed by atoms with Gasteiger partial charge in [0, 0.05) is 0 Å². The van der Waals surface area contributed by atoms with E-state index < -0.39 is 15.8 Å². The smallest absolute Gasteiger partial charge is 0.416 e. The fourth-order valence-corrected chi connectivity index (χ4v) is 2.15. The van der Waals surface area contributed by atoms with Gasteiger partial charge in [-0.1, -0.05) is 46.9 Å². The molecule has 1 heterocycles. The van der Waals surface area contributed by atoms with E-state index in [1.165, 1.54) is 7.11 Å². The number of para-hydroxylation sites is 2. The third-order valence-corrected chi connectivity index (χ3v) is 3.35. The summed E-state index contributed by atoms with van der Waals surface area (Å²) < 4.78 is 18.6. The van der Waals surface area contributed by atoms with Crippen LogP contribution in [0.5, 0.6) is 11.5 Å². The normalized spacial score (nSPS) is 17.3. The molecular weight excluding hydrogens is 344 g/mol. The number of methoxy groups -OCH3 is 1. The van der Waals surface area contributed by atoms with Gasteiger partial charge < -0.3 is 18.9 Å². The summed E-state index contributed by atoms with van der Waals surface area (Å²) >= 11 is 17.4. The second-order valence-electron chi connectivity index (χ2n) is 3.98. The van der Waals surface area contributed by atoms with E-state index >= 15 is 0 Å².